The molecule has 0 aliphatic rings. The van der Waals surface area contributed by atoms with Crippen LogP contribution in [0.3, 0.4) is 0 Å². The fraction of sp³-hybridized carbons (Fsp3) is 0.400. The molecule has 0 radical (unpaired) electrons. The van der Waals surface area contributed by atoms with E-state index < -0.39 is 0 Å². The first-order chi connectivity index (χ1) is 12.6. The maximum absolute atomic E-state index is 4.65. The topological polar surface area (TPSA) is 65.1 Å². The van der Waals surface area contributed by atoms with E-state index >= 15 is 0 Å². The Kier molecular flexibility index (Phi) is 5.93. The van der Waals surface area contributed by atoms with E-state index in [0.717, 1.165) is 29.6 Å². The van der Waals surface area contributed by atoms with Crippen LogP contribution in [0.1, 0.15) is 41.6 Å². The van der Waals surface area contributed by atoms with Crippen LogP contribution >= 0.6 is 11.3 Å². The number of aromatic amines is 1. The van der Waals surface area contributed by atoms with Gasteiger partial charge >= 0.3 is 0 Å². The van der Waals surface area contributed by atoms with E-state index in [2.05, 4.69) is 76.1 Å². The maximum Gasteiger partial charge on any atom is 0.191 e. The second-order valence-corrected chi connectivity index (χ2v) is 7.68. The van der Waals surface area contributed by atoms with Gasteiger partial charge in [-0.05, 0) is 30.4 Å². The van der Waals surface area contributed by atoms with E-state index in [1.54, 1.807) is 18.4 Å². The molecule has 0 aliphatic heterocycles. The molecule has 3 rings (SSSR count). The number of benzene rings is 1. The van der Waals surface area contributed by atoms with Crippen LogP contribution in [-0.4, -0.2) is 29.5 Å². The van der Waals surface area contributed by atoms with E-state index in [1.807, 2.05) is 0 Å². The van der Waals surface area contributed by atoms with Crippen LogP contribution < -0.4 is 10.6 Å². The first kappa shape index (κ1) is 18.5. The second kappa shape index (κ2) is 8.36. The summed E-state index contributed by atoms with van der Waals surface area (Å²) in [4.78, 5) is 12.3. The molecule has 0 bridgehead atoms. The third kappa shape index (κ3) is 4.25. The standard InChI is InChI=1S/C20H27N5S/c1-13(2)17-12-26-18(25-17)11-24-20(21-4)22-9-8-15-10-23-19-14(3)6-5-7-16(15)19/h5-7,10,12-13,23H,8-9,11H2,1-4H3,(H2,21,22,24). The summed E-state index contributed by atoms with van der Waals surface area (Å²) in [5.41, 5.74) is 5.00. The van der Waals surface area contributed by atoms with Gasteiger partial charge in [0.2, 0.25) is 0 Å². The predicted octanol–water partition coefficient (Wildman–Crippen LogP) is 3.96. The number of aliphatic imine (C=N–C) groups is 1. The fourth-order valence-corrected chi connectivity index (χ4v) is 3.83. The molecule has 1 aromatic carbocycles. The van der Waals surface area contributed by atoms with E-state index in [1.165, 1.54) is 22.0 Å². The third-order valence-corrected chi connectivity index (χ3v) is 5.36. The summed E-state index contributed by atoms with van der Waals surface area (Å²) in [6.45, 7) is 7.99. The molecule has 3 N–H and O–H groups in total. The van der Waals surface area contributed by atoms with Gasteiger partial charge in [0.1, 0.15) is 5.01 Å². The molecule has 5 nitrogen and oxygen atoms in total. The van der Waals surface area contributed by atoms with Crippen LogP contribution in [0.5, 0.6) is 0 Å². The molecule has 0 spiro atoms. The van der Waals surface area contributed by atoms with Gasteiger partial charge in [-0.3, -0.25) is 4.99 Å². The van der Waals surface area contributed by atoms with Crippen LogP contribution in [0.25, 0.3) is 10.9 Å². The molecule has 26 heavy (non-hydrogen) atoms. The molecule has 0 fully saturated rings. The summed E-state index contributed by atoms with van der Waals surface area (Å²) in [6.07, 6.45) is 3.05. The molecule has 6 heteroatoms. The minimum atomic E-state index is 0.470. The lowest BCUT2D eigenvalue weighted by atomic mass is 10.1. The van der Waals surface area contributed by atoms with Gasteiger partial charge in [-0.15, -0.1) is 11.3 Å². The van der Waals surface area contributed by atoms with E-state index in [0.29, 0.717) is 12.5 Å². The molecule has 2 aromatic heterocycles. The monoisotopic (exact) mass is 369 g/mol. The predicted molar refractivity (Wildman–Crippen MR) is 111 cm³/mol. The van der Waals surface area contributed by atoms with Crippen LogP contribution in [-0.2, 0) is 13.0 Å². The highest BCUT2D eigenvalue weighted by molar-refractivity contribution is 7.09. The van der Waals surface area contributed by atoms with Gasteiger partial charge in [0.05, 0.1) is 12.2 Å². The average molecular weight is 370 g/mol. The first-order valence-electron chi connectivity index (χ1n) is 9.03. The number of nitrogens with one attached hydrogen (secondary N) is 3. The van der Waals surface area contributed by atoms with Crippen molar-refractivity contribution in [1.82, 2.24) is 20.6 Å². The number of para-hydroxylation sites is 1. The van der Waals surface area contributed by atoms with Crippen LogP contribution in [0, 0.1) is 6.92 Å². The quantitative estimate of drug-likeness (QED) is 0.455. The lowest BCUT2D eigenvalue weighted by molar-refractivity contribution is 0.779. The van der Waals surface area contributed by atoms with Crippen molar-refractivity contribution >= 4 is 28.2 Å². The number of rotatable bonds is 6. The molecular weight excluding hydrogens is 342 g/mol. The highest BCUT2D eigenvalue weighted by Crippen LogP contribution is 2.21. The number of guanidine groups is 1. The smallest absolute Gasteiger partial charge is 0.191 e. The normalized spacial score (nSPS) is 12.1. The van der Waals surface area contributed by atoms with Crippen molar-refractivity contribution in [3.8, 4) is 0 Å². The molecule has 0 atom stereocenters. The summed E-state index contributed by atoms with van der Waals surface area (Å²) in [7, 11) is 1.80. The Labute approximate surface area is 159 Å². The van der Waals surface area contributed by atoms with E-state index in [4.69, 9.17) is 0 Å². The molecular formula is C20H27N5S. The van der Waals surface area contributed by atoms with E-state index in [9.17, 15) is 0 Å². The van der Waals surface area contributed by atoms with Crippen molar-refractivity contribution in [1.29, 1.82) is 0 Å². The van der Waals surface area contributed by atoms with Crippen molar-refractivity contribution in [2.24, 2.45) is 4.99 Å². The molecule has 138 valence electrons. The minimum absolute atomic E-state index is 0.470. The van der Waals surface area contributed by atoms with Gasteiger partial charge in [0, 0.05) is 36.1 Å². The molecule has 0 saturated carbocycles. The van der Waals surface area contributed by atoms with Gasteiger partial charge in [-0.25, -0.2) is 4.98 Å². The number of thiazole rings is 1. The van der Waals surface area contributed by atoms with Crippen molar-refractivity contribution < 1.29 is 0 Å². The first-order valence-corrected chi connectivity index (χ1v) is 9.91. The highest BCUT2D eigenvalue weighted by atomic mass is 32.1. The number of aryl methyl sites for hydroxylation is 1. The van der Waals surface area contributed by atoms with Gasteiger partial charge in [-0.1, -0.05) is 32.0 Å². The number of aromatic nitrogens is 2. The Morgan fingerprint density at radius 3 is 2.88 bits per heavy atom. The number of H-pyrrole nitrogens is 1. The largest absolute Gasteiger partial charge is 0.361 e. The summed E-state index contributed by atoms with van der Waals surface area (Å²) in [6, 6.07) is 6.42. The Hall–Kier alpha value is -2.34. The average Bonchev–Trinajstić information content (AvgIpc) is 3.26. The Balaban J connectivity index is 1.51. The fourth-order valence-electron chi connectivity index (χ4n) is 2.94. The number of nitrogens with zero attached hydrogens (tertiary/aromatic N) is 2. The maximum atomic E-state index is 4.65. The van der Waals surface area contributed by atoms with Crippen molar-refractivity contribution in [3.63, 3.8) is 0 Å². The molecule has 0 saturated heterocycles. The Morgan fingerprint density at radius 2 is 2.15 bits per heavy atom. The zero-order valence-electron chi connectivity index (χ0n) is 15.9. The van der Waals surface area contributed by atoms with E-state index in [-0.39, 0.29) is 0 Å². The van der Waals surface area contributed by atoms with Crippen LogP contribution in [0.15, 0.2) is 34.8 Å². The molecule has 0 unspecified atom stereocenters. The molecule has 0 aliphatic carbocycles. The lowest BCUT2D eigenvalue weighted by Gasteiger charge is -2.10. The Bertz CT molecular complexity index is 891. The van der Waals surface area contributed by atoms with Crippen LogP contribution in [0.4, 0.5) is 0 Å². The summed E-state index contributed by atoms with van der Waals surface area (Å²) < 4.78 is 0. The van der Waals surface area contributed by atoms with Gasteiger partial charge < -0.3 is 15.6 Å². The number of hydrogen-bond acceptors (Lipinski definition) is 3. The molecule has 3 aromatic rings. The summed E-state index contributed by atoms with van der Waals surface area (Å²) in [5, 5.41) is 11.3. The van der Waals surface area contributed by atoms with Crippen molar-refractivity contribution in [2.45, 2.75) is 39.7 Å². The lowest BCUT2D eigenvalue weighted by Crippen LogP contribution is -2.37. The highest BCUT2D eigenvalue weighted by Gasteiger charge is 2.08. The van der Waals surface area contributed by atoms with Crippen LogP contribution in [0.2, 0.25) is 0 Å². The number of hydrogen-bond donors (Lipinski definition) is 3. The minimum Gasteiger partial charge on any atom is -0.361 e. The van der Waals surface area contributed by atoms with Gasteiger partial charge in [-0.2, -0.15) is 0 Å². The van der Waals surface area contributed by atoms with Gasteiger partial charge in [0.15, 0.2) is 5.96 Å². The SMILES string of the molecule is CN=C(NCCc1c[nH]c2c(C)cccc12)NCc1nc(C(C)C)cs1. The zero-order valence-corrected chi connectivity index (χ0v) is 16.7. The summed E-state index contributed by atoms with van der Waals surface area (Å²) >= 11 is 1.69. The number of fused-ring (bicyclic) bond motifs is 1. The summed E-state index contributed by atoms with van der Waals surface area (Å²) in [5.74, 6) is 1.28. The van der Waals surface area contributed by atoms with Crippen molar-refractivity contribution in [2.75, 3.05) is 13.6 Å². The van der Waals surface area contributed by atoms with Crippen molar-refractivity contribution in [3.05, 3.63) is 51.6 Å². The Morgan fingerprint density at radius 1 is 1.31 bits per heavy atom. The zero-order chi connectivity index (χ0) is 18.5. The molecule has 2 heterocycles. The van der Waals surface area contributed by atoms with Gasteiger partial charge in [0.25, 0.3) is 0 Å². The third-order valence-electron chi connectivity index (χ3n) is 4.49. The second-order valence-electron chi connectivity index (χ2n) is 6.73. The molecule has 0 amide bonds.